The highest BCUT2D eigenvalue weighted by atomic mass is 32.1. The predicted octanol–water partition coefficient (Wildman–Crippen LogP) is 2.91. The highest BCUT2D eigenvalue weighted by Crippen LogP contribution is 2.21. The zero-order valence-corrected chi connectivity index (χ0v) is 17.2. The van der Waals surface area contributed by atoms with Crippen LogP contribution in [0.15, 0.2) is 40.4 Å². The molecule has 3 aromatic rings. The number of nitrogens with one attached hydrogen (secondary N) is 1. The Bertz CT molecular complexity index is 917. The fraction of sp³-hybridized carbons (Fsp3) is 0.400. The summed E-state index contributed by atoms with van der Waals surface area (Å²) in [5.41, 5.74) is 0.714. The first-order chi connectivity index (χ1) is 14.2. The van der Waals surface area contributed by atoms with Gasteiger partial charge in [0.25, 0.3) is 0 Å². The van der Waals surface area contributed by atoms with Crippen molar-refractivity contribution in [3.05, 3.63) is 41.7 Å². The van der Waals surface area contributed by atoms with Crippen LogP contribution in [0.1, 0.15) is 18.7 Å². The summed E-state index contributed by atoms with van der Waals surface area (Å²) in [5.74, 6) is 2.07. The summed E-state index contributed by atoms with van der Waals surface area (Å²) in [6.07, 6.45) is 3.32. The Labute approximate surface area is 173 Å². The van der Waals surface area contributed by atoms with Crippen molar-refractivity contribution in [3.8, 4) is 10.7 Å². The quantitative estimate of drug-likeness (QED) is 0.638. The summed E-state index contributed by atoms with van der Waals surface area (Å²) >= 11 is 1.57. The second-order valence-corrected chi connectivity index (χ2v) is 8.03. The molecule has 1 aliphatic rings. The smallest absolute Gasteiger partial charge is 0.226 e. The Morgan fingerprint density at radius 2 is 2.10 bits per heavy atom. The lowest BCUT2D eigenvalue weighted by atomic mass is 10.2. The number of piperazine rings is 1. The first kappa shape index (κ1) is 19.5. The molecule has 29 heavy (non-hydrogen) atoms. The van der Waals surface area contributed by atoms with E-state index in [0.717, 1.165) is 36.9 Å². The third-order valence-electron chi connectivity index (χ3n) is 4.86. The van der Waals surface area contributed by atoms with Crippen LogP contribution in [0.5, 0.6) is 0 Å². The van der Waals surface area contributed by atoms with Gasteiger partial charge in [0.05, 0.1) is 16.8 Å². The summed E-state index contributed by atoms with van der Waals surface area (Å²) in [6, 6.07) is 7.78. The van der Waals surface area contributed by atoms with Crippen LogP contribution in [0.25, 0.3) is 10.7 Å². The van der Waals surface area contributed by atoms with E-state index in [1.54, 1.807) is 17.5 Å². The molecule has 4 heterocycles. The summed E-state index contributed by atoms with van der Waals surface area (Å²) in [7, 11) is 2.13. The number of aryl methyl sites for hydroxylation is 1. The van der Waals surface area contributed by atoms with Crippen molar-refractivity contribution in [2.24, 2.45) is 0 Å². The number of amides is 1. The van der Waals surface area contributed by atoms with E-state index in [0.29, 0.717) is 36.7 Å². The molecule has 1 aliphatic heterocycles. The minimum Gasteiger partial charge on any atom is -0.354 e. The van der Waals surface area contributed by atoms with Crippen LogP contribution in [0.2, 0.25) is 0 Å². The number of pyridine rings is 1. The van der Waals surface area contributed by atoms with Gasteiger partial charge in [-0.1, -0.05) is 11.2 Å². The van der Waals surface area contributed by atoms with Gasteiger partial charge in [-0.25, -0.2) is 4.98 Å². The van der Waals surface area contributed by atoms with Crippen molar-refractivity contribution >= 4 is 28.7 Å². The van der Waals surface area contributed by atoms with E-state index in [1.165, 1.54) is 0 Å². The zero-order valence-electron chi connectivity index (χ0n) is 16.4. The van der Waals surface area contributed by atoms with Gasteiger partial charge in [-0.15, -0.1) is 11.3 Å². The van der Waals surface area contributed by atoms with Crippen LogP contribution in [-0.4, -0.2) is 59.2 Å². The number of hydrogen-bond donors (Lipinski definition) is 1. The molecule has 152 valence electrons. The van der Waals surface area contributed by atoms with Gasteiger partial charge in [0, 0.05) is 39.0 Å². The number of likely N-dealkylation sites (N-methyl/N-ethyl adjacent to an activating group) is 1. The van der Waals surface area contributed by atoms with Crippen molar-refractivity contribution in [1.82, 2.24) is 20.0 Å². The van der Waals surface area contributed by atoms with Gasteiger partial charge < -0.3 is 19.6 Å². The SMILES string of the molecule is CN1CCN(c2ccc(NC(=O)CCCc3nc(-c4cccs4)no3)cn2)CC1. The average Bonchev–Trinajstić information content (AvgIpc) is 3.41. The molecule has 0 radical (unpaired) electrons. The van der Waals surface area contributed by atoms with E-state index in [1.807, 2.05) is 29.6 Å². The van der Waals surface area contributed by atoms with Gasteiger partial charge in [-0.05, 0) is 37.0 Å². The molecule has 1 fully saturated rings. The Balaban J connectivity index is 1.21. The van der Waals surface area contributed by atoms with E-state index in [4.69, 9.17) is 4.52 Å². The largest absolute Gasteiger partial charge is 0.354 e. The van der Waals surface area contributed by atoms with E-state index in [2.05, 4.69) is 37.3 Å². The molecule has 0 unspecified atom stereocenters. The molecule has 0 spiro atoms. The molecule has 3 aromatic heterocycles. The maximum Gasteiger partial charge on any atom is 0.226 e. The number of thiophene rings is 1. The fourth-order valence-corrected chi connectivity index (χ4v) is 3.82. The Morgan fingerprint density at radius 1 is 1.24 bits per heavy atom. The third-order valence-corrected chi connectivity index (χ3v) is 5.73. The second-order valence-electron chi connectivity index (χ2n) is 7.09. The molecule has 0 bridgehead atoms. The van der Waals surface area contributed by atoms with Crippen molar-refractivity contribution in [3.63, 3.8) is 0 Å². The molecular weight excluding hydrogens is 388 g/mol. The van der Waals surface area contributed by atoms with Gasteiger partial charge in [0.2, 0.25) is 17.6 Å². The van der Waals surface area contributed by atoms with Crippen LogP contribution >= 0.6 is 11.3 Å². The molecule has 1 amide bonds. The van der Waals surface area contributed by atoms with Crippen LogP contribution in [0, 0.1) is 0 Å². The van der Waals surface area contributed by atoms with Gasteiger partial charge in [-0.2, -0.15) is 4.98 Å². The summed E-state index contributed by atoms with van der Waals surface area (Å²) in [4.78, 5) is 26.6. The molecule has 1 saturated heterocycles. The summed E-state index contributed by atoms with van der Waals surface area (Å²) < 4.78 is 5.26. The number of rotatable bonds is 7. The summed E-state index contributed by atoms with van der Waals surface area (Å²) in [5, 5.41) is 8.86. The molecule has 1 N–H and O–H groups in total. The number of aromatic nitrogens is 3. The Morgan fingerprint density at radius 3 is 2.83 bits per heavy atom. The lowest BCUT2D eigenvalue weighted by Crippen LogP contribution is -2.44. The number of anilines is 2. The first-order valence-electron chi connectivity index (χ1n) is 9.73. The standard InChI is InChI=1S/C20H24N6O2S/c1-25-9-11-26(12-10-25)17-8-7-15(14-21-17)22-18(27)5-2-6-19-23-20(24-28-19)16-4-3-13-29-16/h3-4,7-8,13-14H,2,5-6,9-12H2,1H3,(H,22,27). The lowest BCUT2D eigenvalue weighted by Gasteiger charge is -2.33. The topological polar surface area (TPSA) is 87.4 Å². The van der Waals surface area contributed by atoms with Crippen molar-refractivity contribution < 1.29 is 9.32 Å². The average molecular weight is 413 g/mol. The van der Waals surface area contributed by atoms with Crippen LogP contribution in [0.4, 0.5) is 11.5 Å². The van der Waals surface area contributed by atoms with Crippen molar-refractivity contribution in [2.45, 2.75) is 19.3 Å². The van der Waals surface area contributed by atoms with E-state index < -0.39 is 0 Å². The number of nitrogens with zero attached hydrogens (tertiary/aromatic N) is 5. The molecular formula is C20H24N6O2S. The molecule has 0 atom stereocenters. The molecule has 9 heteroatoms. The lowest BCUT2D eigenvalue weighted by molar-refractivity contribution is -0.116. The molecule has 0 aromatic carbocycles. The highest BCUT2D eigenvalue weighted by molar-refractivity contribution is 7.13. The van der Waals surface area contributed by atoms with Gasteiger partial charge >= 0.3 is 0 Å². The van der Waals surface area contributed by atoms with Crippen molar-refractivity contribution in [2.75, 3.05) is 43.4 Å². The highest BCUT2D eigenvalue weighted by Gasteiger charge is 2.15. The Kier molecular flexibility index (Phi) is 6.16. The maximum absolute atomic E-state index is 12.2. The molecule has 4 rings (SSSR count). The predicted molar refractivity (Wildman–Crippen MR) is 113 cm³/mol. The van der Waals surface area contributed by atoms with Crippen molar-refractivity contribution in [1.29, 1.82) is 0 Å². The second kappa shape index (κ2) is 9.15. The van der Waals surface area contributed by atoms with Crippen LogP contribution in [0.3, 0.4) is 0 Å². The fourth-order valence-electron chi connectivity index (χ4n) is 3.17. The number of carbonyl (C=O) groups excluding carboxylic acids is 1. The van der Waals surface area contributed by atoms with E-state index in [-0.39, 0.29) is 5.91 Å². The maximum atomic E-state index is 12.2. The normalized spacial score (nSPS) is 14.9. The van der Waals surface area contributed by atoms with Crippen LogP contribution in [-0.2, 0) is 11.2 Å². The van der Waals surface area contributed by atoms with Gasteiger partial charge in [0.1, 0.15) is 5.82 Å². The van der Waals surface area contributed by atoms with Gasteiger partial charge in [0.15, 0.2) is 0 Å². The minimum atomic E-state index is -0.0443. The first-order valence-corrected chi connectivity index (χ1v) is 10.6. The monoisotopic (exact) mass is 412 g/mol. The molecule has 0 aliphatic carbocycles. The minimum absolute atomic E-state index is 0.0443. The van der Waals surface area contributed by atoms with E-state index in [9.17, 15) is 4.79 Å². The molecule has 8 nitrogen and oxygen atoms in total. The third kappa shape index (κ3) is 5.18. The summed E-state index contributed by atoms with van der Waals surface area (Å²) in [6.45, 7) is 4.02. The Hall–Kier alpha value is -2.78. The van der Waals surface area contributed by atoms with Gasteiger partial charge in [-0.3, -0.25) is 4.79 Å². The van der Waals surface area contributed by atoms with E-state index >= 15 is 0 Å². The van der Waals surface area contributed by atoms with Crippen LogP contribution < -0.4 is 10.2 Å². The number of hydrogen-bond acceptors (Lipinski definition) is 8. The molecule has 0 saturated carbocycles. The number of carbonyl (C=O) groups is 1. The zero-order chi connectivity index (χ0) is 20.1.